The summed E-state index contributed by atoms with van der Waals surface area (Å²) in [6.45, 7) is 4.94. The molecule has 0 aliphatic carbocycles. The van der Waals surface area contributed by atoms with E-state index in [9.17, 15) is 19.8 Å². The van der Waals surface area contributed by atoms with Crippen LogP contribution in [0.1, 0.15) is 373 Å². The molecule has 1 amide bonds. The van der Waals surface area contributed by atoms with Gasteiger partial charge in [-0.15, -0.1) is 0 Å². The summed E-state index contributed by atoms with van der Waals surface area (Å²) < 4.78 is 5.49. The number of aliphatic hydroxyl groups excluding tert-OH is 2. The number of carbonyl (C=O) groups is 2. The zero-order valence-corrected chi connectivity index (χ0v) is 48.9. The van der Waals surface area contributed by atoms with Gasteiger partial charge in [0.25, 0.3) is 0 Å². The topological polar surface area (TPSA) is 95.9 Å². The van der Waals surface area contributed by atoms with Crippen molar-refractivity contribution in [2.24, 2.45) is 0 Å². The van der Waals surface area contributed by atoms with Gasteiger partial charge in [-0.05, 0) is 32.1 Å². The first kappa shape index (κ1) is 70.6. The van der Waals surface area contributed by atoms with Gasteiger partial charge in [0.05, 0.1) is 25.4 Å². The van der Waals surface area contributed by atoms with Crippen LogP contribution in [0.3, 0.4) is 0 Å². The Hall–Kier alpha value is -1.40. The predicted molar refractivity (Wildman–Crippen MR) is 315 cm³/mol. The van der Waals surface area contributed by atoms with Gasteiger partial charge in [-0.3, -0.25) is 9.59 Å². The van der Waals surface area contributed by atoms with Crippen molar-refractivity contribution in [1.82, 2.24) is 5.32 Å². The summed E-state index contributed by atoms with van der Waals surface area (Å²) in [5, 5.41) is 23.1. The Morgan fingerprint density at radius 2 is 0.639 bits per heavy atom. The number of allylic oxidation sites excluding steroid dienone is 1. The fourth-order valence-corrected chi connectivity index (χ4v) is 10.5. The Labute approximate surface area is 450 Å². The molecule has 0 saturated carbocycles. The lowest BCUT2D eigenvalue weighted by Crippen LogP contribution is -2.45. The summed E-state index contributed by atoms with van der Waals surface area (Å²) in [4.78, 5) is 24.5. The minimum Gasteiger partial charge on any atom is -0.466 e. The number of aliphatic hydroxyl groups is 2. The fourth-order valence-electron chi connectivity index (χ4n) is 10.5. The summed E-state index contributed by atoms with van der Waals surface area (Å²) in [6, 6.07) is -0.624. The Morgan fingerprint density at radius 1 is 0.375 bits per heavy atom. The maximum absolute atomic E-state index is 12.5. The molecule has 0 aliphatic rings. The molecule has 0 rings (SSSR count). The Kier molecular flexibility index (Phi) is 60.9. The van der Waals surface area contributed by atoms with E-state index in [-0.39, 0.29) is 18.5 Å². The first-order chi connectivity index (χ1) is 35.5. The summed E-state index contributed by atoms with van der Waals surface area (Å²) in [7, 11) is 0. The standard InChI is InChI=1S/C66H129NO5/c1-3-5-7-9-11-13-15-17-34-38-42-46-50-54-58-64(69)63(62-68)67-65(70)59-55-51-47-43-39-35-32-30-28-26-24-22-20-19-21-23-25-27-29-31-33-37-41-45-49-53-57-61-72-66(71)60-56-52-48-44-40-36-18-16-14-12-10-8-6-4-2/h54,58,63-64,68-69H,3-53,55-57,59-62H2,1-2H3,(H,67,70)/b58-54+. The molecule has 428 valence electrons. The Morgan fingerprint density at radius 3 is 0.944 bits per heavy atom. The van der Waals surface area contributed by atoms with Gasteiger partial charge in [-0.25, -0.2) is 0 Å². The van der Waals surface area contributed by atoms with Crippen molar-refractivity contribution in [2.45, 2.75) is 386 Å². The normalized spacial score (nSPS) is 12.6. The molecule has 6 nitrogen and oxygen atoms in total. The fraction of sp³-hybridized carbons (Fsp3) is 0.939. The van der Waals surface area contributed by atoms with E-state index in [2.05, 4.69) is 19.2 Å². The lowest BCUT2D eigenvalue weighted by molar-refractivity contribution is -0.143. The SMILES string of the molecule is CCCCCCCCCCCCCC/C=C/C(O)C(CO)NC(=O)CCCCCCCCCCCCCCCCCCCCCCCCCCCCCOC(=O)CCCCCCCCCCCCCCCC. The molecule has 0 aliphatic heterocycles. The highest BCUT2D eigenvalue weighted by Gasteiger charge is 2.18. The molecule has 6 heteroatoms. The van der Waals surface area contributed by atoms with Crippen LogP contribution in [0.2, 0.25) is 0 Å². The van der Waals surface area contributed by atoms with Crippen molar-refractivity contribution < 1.29 is 24.5 Å². The van der Waals surface area contributed by atoms with E-state index >= 15 is 0 Å². The molecule has 0 saturated heterocycles. The molecule has 0 aromatic rings. The number of rotatable bonds is 62. The predicted octanol–water partition coefficient (Wildman–Crippen LogP) is 20.8. The lowest BCUT2D eigenvalue weighted by Gasteiger charge is -2.20. The average Bonchev–Trinajstić information content (AvgIpc) is 3.38. The molecule has 0 radical (unpaired) electrons. The smallest absolute Gasteiger partial charge is 0.305 e. The number of hydrogen-bond acceptors (Lipinski definition) is 5. The van der Waals surface area contributed by atoms with Gasteiger partial charge >= 0.3 is 5.97 Å². The van der Waals surface area contributed by atoms with Crippen LogP contribution in [0.5, 0.6) is 0 Å². The maximum Gasteiger partial charge on any atom is 0.305 e. The van der Waals surface area contributed by atoms with E-state index in [0.717, 1.165) is 38.5 Å². The van der Waals surface area contributed by atoms with Crippen LogP contribution in [0.15, 0.2) is 12.2 Å². The number of hydrogen-bond donors (Lipinski definition) is 3. The van der Waals surface area contributed by atoms with Gasteiger partial charge in [0, 0.05) is 12.8 Å². The maximum atomic E-state index is 12.5. The number of nitrogens with one attached hydrogen (secondary N) is 1. The van der Waals surface area contributed by atoms with E-state index in [0.29, 0.717) is 19.4 Å². The van der Waals surface area contributed by atoms with Crippen molar-refractivity contribution in [3.05, 3.63) is 12.2 Å². The number of esters is 1. The van der Waals surface area contributed by atoms with Crippen molar-refractivity contribution in [3.63, 3.8) is 0 Å². The Balaban J connectivity index is 3.34. The third-order valence-electron chi connectivity index (χ3n) is 15.6. The van der Waals surface area contributed by atoms with Crippen molar-refractivity contribution in [3.8, 4) is 0 Å². The molecule has 0 fully saturated rings. The van der Waals surface area contributed by atoms with Gasteiger partial charge < -0.3 is 20.3 Å². The summed E-state index contributed by atoms with van der Waals surface area (Å²) in [5.74, 6) is -0.0424. The highest BCUT2D eigenvalue weighted by molar-refractivity contribution is 5.76. The zero-order valence-electron chi connectivity index (χ0n) is 48.9. The highest BCUT2D eigenvalue weighted by Crippen LogP contribution is 2.19. The van der Waals surface area contributed by atoms with Crippen LogP contribution in [0.4, 0.5) is 0 Å². The molecule has 2 atom stereocenters. The van der Waals surface area contributed by atoms with Gasteiger partial charge in [0.2, 0.25) is 5.91 Å². The number of ether oxygens (including phenoxy) is 1. The second kappa shape index (κ2) is 62.1. The first-order valence-electron chi connectivity index (χ1n) is 33.0. The lowest BCUT2D eigenvalue weighted by atomic mass is 10.0. The summed E-state index contributed by atoms with van der Waals surface area (Å²) in [6.07, 6.45) is 75.6. The number of amides is 1. The summed E-state index contributed by atoms with van der Waals surface area (Å²) in [5.41, 5.74) is 0. The molecule has 0 heterocycles. The molecule has 0 spiro atoms. The van der Waals surface area contributed by atoms with Crippen LogP contribution in [0, 0.1) is 0 Å². The molecule has 0 aromatic heterocycles. The first-order valence-corrected chi connectivity index (χ1v) is 33.0. The van der Waals surface area contributed by atoms with Crippen LogP contribution >= 0.6 is 0 Å². The van der Waals surface area contributed by atoms with Gasteiger partial charge in [-0.2, -0.15) is 0 Å². The van der Waals surface area contributed by atoms with Gasteiger partial charge in [-0.1, -0.05) is 341 Å². The third kappa shape index (κ3) is 57.9. The molecule has 0 aromatic carbocycles. The number of unbranched alkanes of at least 4 members (excludes halogenated alkanes) is 51. The minimum absolute atomic E-state index is 0.0206. The van der Waals surface area contributed by atoms with Crippen LogP contribution < -0.4 is 5.32 Å². The van der Waals surface area contributed by atoms with Crippen molar-refractivity contribution >= 4 is 11.9 Å². The minimum atomic E-state index is -0.841. The molecular weight excluding hydrogens is 887 g/mol. The average molecular weight is 1020 g/mol. The van der Waals surface area contributed by atoms with E-state index < -0.39 is 12.1 Å². The zero-order chi connectivity index (χ0) is 52.2. The molecule has 2 unspecified atom stereocenters. The van der Waals surface area contributed by atoms with E-state index in [1.165, 1.54) is 308 Å². The van der Waals surface area contributed by atoms with Crippen molar-refractivity contribution in [1.29, 1.82) is 0 Å². The third-order valence-corrected chi connectivity index (χ3v) is 15.6. The second-order valence-electron chi connectivity index (χ2n) is 22.8. The van der Waals surface area contributed by atoms with Crippen LogP contribution in [0.25, 0.3) is 0 Å². The van der Waals surface area contributed by atoms with E-state index in [1.54, 1.807) is 6.08 Å². The van der Waals surface area contributed by atoms with Crippen LogP contribution in [-0.2, 0) is 14.3 Å². The number of carbonyl (C=O) groups excluding carboxylic acids is 2. The quantitative estimate of drug-likeness (QED) is 0.0320. The molecular formula is C66H129NO5. The van der Waals surface area contributed by atoms with Gasteiger partial charge in [0.15, 0.2) is 0 Å². The highest BCUT2D eigenvalue weighted by atomic mass is 16.5. The van der Waals surface area contributed by atoms with Gasteiger partial charge in [0.1, 0.15) is 0 Å². The van der Waals surface area contributed by atoms with Crippen molar-refractivity contribution in [2.75, 3.05) is 13.2 Å². The second-order valence-corrected chi connectivity index (χ2v) is 22.8. The van der Waals surface area contributed by atoms with E-state index in [4.69, 9.17) is 4.74 Å². The Bertz CT molecular complexity index is 1080. The molecule has 72 heavy (non-hydrogen) atoms. The largest absolute Gasteiger partial charge is 0.466 e. The molecule has 3 N–H and O–H groups in total. The van der Waals surface area contributed by atoms with Crippen LogP contribution in [-0.4, -0.2) is 47.4 Å². The summed E-state index contributed by atoms with van der Waals surface area (Å²) >= 11 is 0. The van der Waals surface area contributed by atoms with E-state index in [1.807, 2.05) is 6.08 Å². The monoisotopic (exact) mass is 1020 g/mol. The molecule has 0 bridgehead atoms.